The lowest BCUT2D eigenvalue weighted by Gasteiger charge is -2.36. The van der Waals surface area contributed by atoms with E-state index in [1.54, 1.807) is 7.11 Å². The first-order chi connectivity index (χ1) is 10.6. The van der Waals surface area contributed by atoms with Gasteiger partial charge in [0.15, 0.2) is 0 Å². The summed E-state index contributed by atoms with van der Waals surface area (Å²) in [6.07, 6.45) is 2.60. The van der Waals surface area contributed by atoms with Crippen LogP contribution in [0.3, 0.4) is 0 Å². The summed E-state index contributed by atoms with van der Waals surface area (Å²) in [6.45, 7) is 10.5. The standard InChI is InChI=1S/C19H32N2O/c1-15(2)14-21-12-10-18(11-13-21)20-16(3)19(22-4)17-8-6-5-7-9-17/h5-9,15-16,18-20H,10-14H2,1-4H3/t16-,19-/m1/s1. The number of methoxy groups -OCH3 is 1. The Hall–Kier alpha value is -0.900. The molecule has 22 heavy (non-hydrogen) atoms. The number of benzene rings is 1. The van der Waals surface area contributed by atoms with Crippen molar-refractivity contribution in [3.05, 3.63) is 35.9 Å². The third kappa shape index (κ3) is 5.08. The highest BCUT2D eigenvalue weighted by molar-refractivity contribution is 5.19. The molecule has 0 aliphatic carbocycles. The third-order valence-corrected chi connectivity index (χ3v) is 4.55. The summed E-state index contributed by atoms with van der Waals surface area (Å²) in [6, 6.07) is 11.5. The fourth-order valence-electron chi connectivity index (χ4n) is 3.53. The van der Waals surface area contributed by atoms with Crippen LogP contribution in [-0.4, -0.2) is 43.7 Å². The van der Waals surface area contributed by atoms with Crippen molar-refractivity contribution < 1.29 is 4.74 Å². The van der Waals surface area contributed by atoms with Gasteiger partial charge < -0.3 is 15.0 Å². The average molecular weight is 304 g/mol. The Morgan fingerprint density at radius 2 is 1.77 bits per heavy atom. The summed E-state index contributed by atoms with van der Waals surface area (Å²) in [5.74, 6) is 0.763. The molecule has 0 amide bonds. The van der Waals surface area contributed by atoms with Gasteiger partial charge in [0.1, 0.15) is 0 Å². The molecule has 0 saturated carbocycles. The fourth-order valence-corrected chi connectivity index (χ4v) is 3.53. The van der Waals surface area contributed by atoms with E-state index in [0.717, 1.165) is 5.92 Å². The van der Waals surface area contributed by atoms with Gasteiger partial charge in [0.2, 0.25) is 0 Å². The van der Waals surface area contributed by atoms with Gasteiger partial charge >= 0.3 is 0 Å². The number of piperidine rings is 1. The van der Waals surface area contributed by atoms with Crippen LogP contribution in [0.4, 0.5) is 0 Å². The number of hydrogen-bond acceptors (Lipinski definition) is 3. The first-order valence-corrected chi connectivity index (χ1v) is 8.66. The van der Waals surface area contributed by atoms with Gasteiger partial charge in [-0.25, -0.2) is 0 Å². The van der Waals surface area contributed by atoms with E-state index in [-0.39, 0.29) is 6.10 Å². The number of rotatable bonds is 7. The molecular weight excluding hydrogens is 272 g/mol. The molecule has 1 fully saturated rings. The summed E-state index contributed by atoms with van der Waals surface area (Å²) in [4.78, 5) is 2.60. The van der Waals surface area contributed by atoms with E-state index >= 15 is 0 Å². The van der Waals surface area contributed by atoms with Crippen LogP contribution in [0.5, 0.6) is 0 Å². The molecule has 1 N–H and O–H groups in total. The van der Waals surface area contributed by atoms with E-state index in [2.05, 4.69) is 61.3 Å². The molecule has 3 heteroatoms. The van der Waals surface area contributed by atoms with Gasteiger partial charge in [-0.2, -0.15) is 0 Å². The molecule has 1 saturated heterocycles. The van der Waals surface area contributed by atoms with Crippen molar-refractivity contribution in [2.45, 2.75) is 51.8 Å². The highest BCUT2D eigenvalue weighted by Gasteiger charge is 2.24. The Labute approximate surface area is 136 Å². The number of nitrogens with one attached hydrogen (secondary N) is 1. The maximum absolute atomic E-state index is 5.74. The highest BCUT2D eigenvalue weighted by Crippen LogP contribution is 2.22. The quantitative estimate of drug-likeness (QED) is 0.835. The van der Waals surface area contributed by atoms with Crippen molar-refractivity contribution >= 4 is 0 Å². The summed E-state index contributed by atoms with van der Waals surface area (Å²) in [5.41, 5.74) is 1.25. The maximum Gasteiger partial charge on any atom is 0.0971 e. The van der Waals surface area contributed by atoms with Gasteiger partial charge in [0, 0.05) is 25.7 Å². The monoisotopic (exact) mass is 304 g/mol. The Morgan fingerprint density at radius 3 is 2.32 bits per heavy atom. The Morgan fingerprint density at radius 1 is 1.14 bits per heavy atom. The number of ether oxygens (including phenoxy) is 1. The van der Waals surface area contributed by atoms with E-state index in [1.807, 2.05) is 0 Å². The molecule has 1 aliphatic heterocycles. The van der Waals surface area contributed by atoms with Crippen molar-refractivity contribution in [1.29, 1.82) is 0 Å². The molecular formula is C19H32N2O. The van der Waals surface area contributed by atoms with Crippen molar-refractivity contribution in [3.8, 4) is 0 Å². The van der Waals surface area contributed by atoms with Crippen LogP contribution in [0.2, 0.25) is 0 Å². The fraction of sp³-hybridized carbons (Fsp3) is 0.684. The van der Waals surface area contributed by atoms with Crippen molar-refractivity contribution in [2.75, 3.05) is 26.7 Å². The SMILES string of the molecule is CO[C@@H](c1ccccc1)[C@@H](C)NC1CCN(CC(C)C)CC1. The molecule has 1 aliphatic rings. The molecule has 0 radical (unpaired) electrons. The van der Waals surface area contributed by atoms with Crippen molar-refractivity contribution in [3.63, 3.8) is 0 Å². The summed E-state index contributed by atoms with van der Waals surface area (Å²) in [7, 11) is 1.81. The zero-order valence-corrected chi connectivity index (χ0v) is 14.6. The van der Waals surface area contributed by atoms with Crippen molar-refractivity contribution in [1.82, 2.24) is 10.2 Å². The predicted molar refractivity (Wildman–Crippen MR) is 93.1 cm³/mol. The maximum atomic E-state index is 5.74. The summed E-state index contributed by atoms with van der Waals surface area (Å²) < 4.78 is 5.74. The normalized spacial score (nSPS) is 20.2. The largest absolute Gasteiger partial charge is 0.375 e. The minimum Gasteiger partial charge on any atom is -0.375 e. The van der Waals surface area contributed by atoms with Crippen LogP contribution in [0.1, 0.15) is 45.3 Å². The van der Waals surface area contributed by atoms with Crippen LogP contribution >= 0.6 is 0 Å². The average Bonchev–Trinajstić information content (AvgIpc) is 2.50. The molecule has 2 rings (SSSR count). The van der Waals surface area contributed by atoms with Crippen molar-refractivity contribution in [2.24, 2.45) is 5.92 Å². The second-order valence-corrected chi connectivity index (χ2v) is 6.99. The topological polar surface area (TPSA) is 24.5 Å². The highest BCUT2D eigenvalue weighted by atomic mass is 16.5. The van der Waals surface area contributed by atoms with E-state index in [0.29, 0.717) is 12.1 Å². The first-order valence-electron chi connectivity index (χ1n) is 8.66. The molecule has 1 aromatic carbocycles. The van der Waals surface area contributed by atoms with Gasteiger partial charge in [-0.1, -0.05) is 44.2 Å². The molecule has 0 unspecified atom stereocenters. The smallest absolute Gasteiger partial charge is 0.0971 e. The number of likely N-dealkylation sites (tertiary alicyclic amines) is 1. The Kier molecular flexibility index (Phi) is 6.87. The molecule has 0 aromatic heterocycles. The van der Waals surface area contributed by atoms with Crippen LogP contribution < -0.4 is 5.32 Å². The number of nitrogens with zero attached hydrogens (tertiary/aromatic N) is 1. The van der Waals surface area contributed by atoms with Gasteiger partial charge in [0.25, 0.3) is 0 Å². The second-order valence-electron chi connectivity index (χ2n) is 6.99. The van der Waals surface area contributed by atoms with Gasteiger partial charge in [-0.3, -0.25) is 0 Å². The lowest BCUT2D eigenvalue weighted by atomic mass is 9.99. The van der Waals surface area contributed by atoms with E-state index < -0.39 is 0 Å². The zero-order valence-electron chi connectivity index (χ0n) is 14.6. The molecule has 1 aromatic rings. The third-order valence-electron chi connectivity index (χ3n) is 4.55. The van der Waals surface area contributed by atoms with Gasteiger partial charge in [-0.15, -0.1) is 0 Å². The molecule has 0 spiro atoms. The van der Waals surface area contributed by atoms with E-state index in [1.165, 1.54) is 38.0 Å². The van der Waals surface area contributed by atoms with Gasteiger partial charge in [0.05, 0.1) is 6.10 Å². The predicted octanol–water partition coefficient (Wildman–Crippen LogP) is 3.47. The molecule has 1 heterocycles. The second kappa shape index (κ2) is 8.66. The van der Waals surface area contributed by atoms with Crippen LogP contribution in [0.25, 0.3) is 0 Å². The lowest BCUT2D eigenvalue weighted by Crippen LogP contribution is -2.47. The molecule has 2 atom stereocenters. The van der Waals surface area contributed by atoms with Gasteiger partial charge in [-0.05, 0) is 44.3 Å². The molecule has 124 valence electrons. The van der Waals surface area contributed by atoms with Crippen LogP contribution in [0.15, 0.2) is 30.3 Å². The van der Waals surface area contributed by atoms with Crippen LogP contribution in [0, 0.1) is 5.92 Å². The number of hydrogen-bond donors (Lipinski definition) is 1. The van der Waals surface area contributed by atoms with E-state index in [4.69, 9.17) is 4.74 Å². The van der Waals surface area contributed by atoms with Crippen LogP contribution in [-0.2, 0) is 4.74 Å². The summed E-state index contributed by atoms with van der Waals surface area (Å²) >= 11 is 0. The zero-order chi connectivity index (χ0) is 15.9. The molecule has 3 nitrogen and oxygen atoms in total. The lowest BCUT2D eigenvalue weighted by molar-refractivity contribution is 0.0636. The Bertz CT molecular complexity index is 413. The Balaban J connectivity index is 1.83. The molecule has 0 bridgehead atoms. The minimum absolute atomic E-state index is 0.120. The first kappa shape index (κ1) is 17.5. The van der Waals surface area contributed by atoms with E-state index in [9.17, 15) is 0 Å². The summed E-state index contributed by atoms with van der Waals surface area (Å²) in [5, 5.41) is 3.79. The minimum atomic E-state index is 0.120.